The third kappa shape index (κ3) is 7.04. The van der Waals surface area contributed by atoms with Crippen molar-refractivity contribution in [2.24, 2.45) is 17.8 Å². The van der Waals surface area contributed by atoms with E-state index < -0.39 is 12.4 Å². The van der Waals surface area contributed by atoms with Gasteiger partial charge in [-0.25, -0.2) is 4.39 Å². The number of ether oxygens (including phenoxy) is 1. The van der Waals surface area contributed by atoms with Crippen LogP contribution in [0.4, 0.5) is 13.2 Å². The van der Waals surface area contributed by atoms with E-state index in [0.29, 0.717) is 0 Å². The van der Waals surface area contributed by atoms with Gasteiger partial charge in [0, 0.05) is 8.80 Å². The van der Waals surface area contributed by atoms with Gasteiger partial charge in [0.25, 0.3) is 0 Å². The van der Waals surface area contributed by atoms with Gasteiger partial charge in [-0.2, -0.15) is 8.78 Å². The van der Waals surface area contributed by atoms with Crippen LogP contribution in [-0.2, 0) is 6.42 Å². The normalized spacial score (nSPS) is 27.9. The standard InChI is InChI=1S/C24H37F3OSi/c1-2-29-15-13-21(14-16-29)20-10-7-18(8-11-20)5-3-4-6-19-9-12-23(22(25)17-19)28-24(26)27/h9,12,17-18,20-21,24,29H,2-8,10-11,13-16H2,1H3/t18-,20-,21-,29-. The Morgan fingerprint density at radius 1 is 1.00 bits per heavy atom. The summed E-state index contributed by atoms with van der Waals surface area (Å²) in [6.07, 6.45) is 13.0. The molecule has 2 aliphatic rings. The molecule has 29 heavy (non-hydrogen) atoms. The van der Waals surface area contributed by atoms with Crippen molar-refractivity contribution in [3.8, 4) is 5.75 Å². The molecule has 0 N–H and O–H groups in total. The van der Waals surface area contributed by atoms with E-state index in [1.54, 1.807) is 18.2 Å². The van der Waals surface area contributed by atoms with Crippen molar-refractivity contribution in [2.45, 2.75) is 95.9 Å². The van der Waals surface area contributed by atoms with Crippen LogP contribution in [0.1, 0.15) is 70.3 Å². The summed E-state index contributed by atoms with van der Waals surface area (Å²) < 4.78 is 42.3. The van der Waals surface area contributed by atoms with Gasteiger partial charge in [0.2, 0.25) is 0 Å². The van der Waals surface area contributed by atoms with Crippen LogP contribution in [0.3, 0.4) is 0 Å². The predicted octanol–water partition coefficient (Wildman–Crippen LogP) is 7.60. The van der Waals surface area contributed by atoms with Crippen LogP contribution in [0, 0.1) is 23.6 Å². The molecule has 1 saturated heterocycles. The van der Waals surface area contributed by atoms with Gasteiger partial charge < -0.3 is 4.74 Å². The zero-order valence-corrected chi connectivity index (χ0v) is 19.0. The van der Waals surface area contributed by atoms with Crippen molar-refractivity contribution >= 4 is 8.80 Å². The molecule has 1 aromatic carbocycles. The summed E-state index contributed by atoms with van der Waals surface area (Å²) in [5.41, 5.74) is 0.860. The summed E-state index contributed by atoms with van der Waals surface area (Å²) in [6.45, 7) is -0.589. The minimum absolute atomic E-state index is 0.332. The molecule has 0 radical (unpaired) electrons. The zero-order chi connectivity index (χ0) is 20.6. The largest absolute Gasteiger partial charge is 0.432 e. The van der Waals surface area contributed by atoms with Crippen molar-refractivity contribution in [3.63, 3.8) is 0 Å². The molecule has 1 aliphatic heterocycles. The molecule has 0 bridgehead atoms. The van der Waals surface area contributed by atoms with E-state index in [4.69, 9.17) is 0 Å². The number of aryl methyl sites for hydroxylation is 1. The van der Waals surface area contributed by atoms with Gasteiger partial charge in [0.1, 0.15) is 0 Å². The molecule has 5 heteroatoms. The maximum absolute atomic E-state index is 13.8. The quantitative estimate of drug-likeness (QED) is 0.292. The van der Waals surface area contributed by atoms with E-state index in [9.17, 15) is 13.2 Å². The molecule has 0 aromatic heterocycles. The summed E-state index contributed by atoms with van der Waals surface area (Å²) in [6, 6.07) is 9.03. The molecule has 0 spiro atoms. The highest BCUT2D eigenvalue weighted by Crippen LogP contribution is 2.41. The second-order valence-electron chi connectivity index (χ2n) is 9.36. The van der Waals surface area contributed by atoms with Gasteiger partial charge in [-0.3, -0.25) is 0 Å². The Hall–Kier alpha value is -0.973. The summed E-state index contributed by atoms with van der Waals surface area (Å²) in [7, 11) is -0.332. The number of hydrogen-bond acceptors (Lipinski definition) is 1. The monoisotopic (exact) mass is 426 g/mol. The van der Waals surface area contributed by atoms with Gasteiger partial charge in [-0.15, -0.1) is 0 Å². The van der Waals surface area contributed by atoms with Gasteiger partial charge in [0.05, 0.1) is 0 Å². The first-order chi connectivity index (χ1) is 14.0. The molecule has 1 aromatic rings. The van der Waals surface area contributed by atoms with Crippen molar-refractivity contribution in [3.05, 3.63) is 29.6 Å². The average Bonchev–Trinajstić information content (AvgIpc) is 2.73. The average molecular weight is 427 g/mol. The summed E-state index contributed by atoms with van der Waals surface area (Å²) >= 11 is 0. The van der Waals surface area contributed by atoms with Crippen LogP contribution in [0.5, 0.6) is 5.75 Å². The van der Waals surface area contributed by atoms with E-state index >= 15 is 0 Å². The van der Waals surface area contributed by atoms with Gasteiger partial charge >= 0.3 is 6.61 Å². The number of benzene rings is 1. The minimum Gasteiger partial charge on any atom is -0.432 e. The van der Waals surface area contributed by atoms with E-state index in [1.807, 2.05) is 0 Å². The second-order valence-corrected chi connectivity index (χ2v) is 13.1. The Labute approximate surface area is 176 Å². The number of rotatable bonds is 9. The number of halogens is 3. The molecular formula is C24H37F3OSi. The van der Waals surface area contributed by atoms with E-state index in [1.165, 1.54) is 69.5 Å². The summed E-state index contributed by atoms with van der Waals surface area (Å²) in [4.78, 5) is 0. The molecule has 2 fully saturated rings. The first kappa shape index (κ1) is 22.7. The van der Waals surface area contributed by atoms with Crippen molar-refractivity contribution in [1.82, 2.24) is 0 Å². The number of unbranched alkanes of at least 4 members (excludes halogenated alkanes) is 1. The van der Waals surface area contributed by atoms with Crippen LogP contribution < -0.4 is 4.74 Å². The lowest BCUT2D eigenvalue weighted by atomic mass is 9.73. The number of alkyl halides is 2. The lowest BCUT2D eigenvalue weighted by molar-refractivity contribution is -0.0522. The van der Waals surface area contributed by atoms with Crippen molar-refractivity contribution in [2.75, 3.05) is 0 Å². The maximum Gasteiger partial charge on any atom is 0.387 e. The molecule has 3 rings (SSSR count). The highest BCUT2D eigenvalue weighted by Gasteiger charge is 2.30. The fourth-order valence-corrected chi connectivity index (χ4v) is 8.57. The Kier molecular flexibility index (Phi) is 8.95. The highest BCUT2D eigenvalue weighted by atomic mass is 28.3. The fourth-order valence-electron chi connectivity index (χ4n) is 5.67. The number of hydrogen-bond donors (Lipinski definition) is 0. The van der Waals surface area contributed by atoms with Crippen LogP contribution in [0.2, 0.25) is 18.1 Å². The van der Waals surface area contributed by atoms with Crippen LogP contribution in [0.15, 0.2) is 18.2 Å². The minimum atomic E-state index is -2.99. The van der Waals surface area contributed by atoms with E-state index in [2.05, 4.69) is 11.7 Å². The van der Waals surface area contributed by atoms with Gasteiger partial charge in [-0.05, 0) is 61.1 Å². The van der Waals surface area contributed by atoms with Crippen molar-refractivity contribution < 1.29 is 17.9 Å². The first-order valence-corrected chi connectivity index (χ1v) is 14.2. The third-order valence-electron chi connectivity index (χ3n) is 7.57. The van der Waals surface area contributed by atoms with Gasteiger partial charge in [-0.1, -0.05) is 69.6 Å². The SMILES string of the molecule is CC[Si@H]1CC[C@H]([C@H]2CC[C@H](CCCCc3ccc(OC(F)F)c(F)c3)CC2)CC1. The Balaban J connectivity index is 1.31. The lowest BCUT2D eigenvalue weighted by Crippen LogP contribution is -2.28. The molecule has 1 saturated carbocycles. The molecule has 0 atom stereocenters. The summed E-state index contributed by atoms with van der Waals surface area (Å²) in [5.74, 6) is 1.82. The lowest BCUT2D eigenvalue weighted by Gasteiger charge is -2.37. The molecule has 1 nitrogen and oxygen atoms in total. The van der Waals surface area contributed by atoms with E-state index in [-0.39, 0.29) is 14.5 Å². The highest BCUT2D eigenvalue weighted by molar-refractivity contribution is 6.58. The van der Waals surface area contributed by atoms with Crippen molar-refractivity contribution in [1.29, 1.82) is 0 Å². The molecule has 0 unspecified atom stereocenters. The first-order valence-electron chi connectivity index (χ1n) is 11.8. The predicted molar refractivity (Wildman–Crippen MR) is 116 cm³/mol. The van der Waals surface area contributed by atoms with Crippen LogP contribution >= 0.6 is 0 Å². The molecule has 0 amide bonds. The molecule has 164 valence electrons. The van der Waals surface area contributed by atoms with Crippen LogP contribution in [-0.4, -0.2) is 15.4 Å². The molecule has 1 heterocycles. The maximum atomic E-state index is 13.8. The fraction of sp³-hybridized carbons (Fsp3) is 0.750. The second kappa shape index (κ2) is 11.4. The van der Waals surface area contributed by atoms with Crippen LogP contribution in [0.25, 0.3) is 0 Å². The molecular weight excluding hydrogens is 389 g/mol. The van der Waals surface area contributed by atoms with E-state index in [0.717, 1.165) is 36.2 Å². The smallest absolute Gasteiger partial charge is 0.387 e. The Morgan fingerprint density at radius 2 is 1.69 bits per heavy atom. The Morgan fingerprint density at radius 3 is 2.31 bits per heavy atom. The van der Waals surface area contributed by atoms with Gasteiger partial charge in [0.15, 0.2) is 11.6 Å². The molecule has 1 aliphatic carbocycles. The summed E-state index contributed by atoms with van der Waals surface area (Å²) in [5, 5.41) is 0. The zero-order valence-electron chi connectivity index (χ0n) is 17.9. The Bertz CT molecular complexity index is 608. The topological polar surface area (TPSA) is 9.23 Å². The third-order valence-corrected chi connectivity index (χ3v) is 11.0.